The molecule has 1 N–H and O–H groups in total. The van der Waals surface area contributed by atoms with Crippen molar-refractivity contribution in [1.82, 2.24) is 5.32 Å². The fourth-order valence-electron chi connectivity index (χ4n) is 4.24. The van der Waals surface area contributed by atoms with Crippen molar-refractivity contribution in [2.45, 2.75) is 38.6 Å². The number of nitrogens with one attached hydrogen (secondary N) is 1. The highest BCUT2D eigenvalue weighted by Gasteiger charge is 2.42. The van der Waals surface area contributed by atoms with Crippen molar-refractivity contribution in [2.24, 2.45) is 17.8 Å². The van der Waals surface area contributed by atoms with Gasteiger partial charge in [-0.3, -0.25) is 25.0 Å². The zero-order valence-electron chi connectivity index (χ0n) is 13.3. The molecule has 0 aliphatic heterocycles. The molecule has 0 heterocycles. The van der Waals surface area contributed by atoms with Gasteiger partial charge in [0, 0.05) is 18.2 Å². The molecule has 2 aliphatic rings. The average Bonchev–Trinajstić information content (AvgIpc) is 3.17. The first-order valence-electron chi connectivity index (χ1n) is 8.10. The van der Waals surface area contributed by atoms with Gasteiger partial charge in [-0.25, -0.2) is 0 Å². The second-order valence-electron chi connectivity index (χ2n) is 6.85. The zero-order chi connectivity index (χ0) is 17.4. The molecule has 0 unspecified atom stereocenters. The summed E-state index contributed by atoms with van der Waals surface area (Å²) < 4.78 is 0. The van der Waals surface area contributed by atoms with Crippen LogP contribution in [0.2, 0.25) is 0 Å². The lowest BCUT2D eigenvalue weighted by Gasteiger charge is -2.28. The van der Waals surface area contributed by atoms with Crippen molar-refractivity contribution in [3.8, 4) is 0 Å². The van der Waals surface area contributed by atoms with E-state index < -0.39 is 27.1 Å². The molecule has 2 fully saturated rings. The van der Waals surface area contributed by atoms with Crippen molar-refractivity contribution in [3.05, 3.63) is 44.0 Å². The van der Waals surface area contributed by atoms with Crippen LogP contribution in [0.25, 0.3) is 0 Å². The summed E-state index contributed by atoms with van der Waals surface area (Å²) in [7, 11) is 0. The summed E-state index contributed by atoms with van der Waals surface area (Å²) in [4.78, 5) is 32.8. The lowest BCUT2D eigenvalue weighted by molar-refractivity contribution is -0.394. The van der Waals surface area contributed by atoms with Gasteiger partial charge < -0.3 is 5.32 Å². The smallest absolute Gasteiger partial charge is 0.277 e. The summed E-state index contributed by atoms with van der Waals surface area (Å²) in [5.74, 6) is 1.29. The van der Waals surface area contributed by atoms with Gasteiger partial charge in [0.1, 0.15) is 0 Å². The third-order valence-electron chi connectivity index (χ3n) is 5.38. The third-order valence-corrected chi connectivity index (χ3v) is 5.38. The average molecular weight is 333 g/mol. The van der Waals surface area contributed by atoms with Crippen LogP contribution < -0.4 is 5.32 Å². The molecule has 0 saturated heterocycles. The lowest BCUT2D eigenvalue weighted by atomic mass is 9.84. The Morgan fingerprint density at radius 3 is 2.21 bits per heavy atom. The highest BCUT2D eigenvalue weighted by atomic mass is 16.6. The maximum atomic E-state index is 12.4. The van der Waals surface area contributed by atoms with Crippen LogP contribution in [0.3, 0.4) is 0 Å². The Kier molecular flexibility index (Phi) is 4.21. The maximum absolute atomic E-state index is 12.4. The van der Waals surface area contributed by atoms with Crippen molar-refractivity contribution in [2.75, 3.05) is 0 Å². The van der Waals surface area contributed by atoms with E-state index in [9.17, 15) is 25.0 Å². The molecule has 1 amide bonds. The van der Waals surface area contributed by atoms with Gasteiger partial charge in [0.25, 0.3) is 17.3 Å². The van der Waals surface area contributed by atoms with Crippen molar-refractivity contribution >= 4 is 17.3 Å². The molecule has 4 atom stereocenters. The largest absolute Gasteiger partial charge is 0.349 e. The Hall–Kier alpha value is -2.51. The molecule has 2 saturated carbocycles. The van der Waals surface area contributed by atoms with E-state index in [1.54, 1.807) is 0 Å². The number of non-ortho nitro benzene ring substituents is 2. The Morgan fingerprint density at radius 2 is 1.75 bits per heavy atom. The minimum absolute atomic E-state index is 0.0499. The number of amides is 1. The van der Waals surface area contributed by atoms with Gasteiger partial charge in [-0.1, -0.05) is 6.42 Å². The van der Waals surface area contributed by atoms with Crippen LogP contribution in [0.1, 0.15) is 43.0 Å². The number of carbonyl (C=O) groups excluding carboxylic acids is 1. The number of fused-ring (bicyclic) bond motifs is 2. The zero-order valence-corrected chi connectivity index (χ0v) is 13.3. The predicted octanol–water partition coefficient (Wildman–Crippen LogP) is 3.06. The molecule has 1 aromatic rings. The van der Waals surface area contributed by atoms with Crippen LogP contribution in [0.4, 0.5) is 11.4 Å². The van der Waals surface area contributed by atoms with E-state index in [0.29, 0.717) is 11.8 Å². The monoisotopic (exact) mass is 333 g/mol. The first kappa shape index (κ1) is 16.4. The second-order valence-corrected chi connectivity index (χ2v) is 6.85. The number of hydrogen-bond acceptors (Lipinski definition) is 5. The highest BCUT2D eigenvalue weighted by molar-refractivity contribution is 5.95. The Balaban J connectivity index is 1.76. The van der Waals surface area contributed by atoms with Gasteiger partial charge in [0.2, 0.25) is 0 Å². The Labute approximate surface area is 138 Å². The molecule has 0 radical (unpaired) electrons. The van der Waals surface area contributed by atoms with Crippen molar-refractivity contribution < 1.29 is 14.6 Å². The van der Waals surface area contributed by atoms with Crippen LogP contribution in [-0.2, 0) is 0 Å². The van der Waals surface area contributed by atoms with Gasteiger partial charge in [0.05, 0.1) is 21.5 Å². The number of nitro groups is 2. The van der Waals surface area contributed by atoms with Gasteiger partial charge in [-0.05, 0) is 43.9 Å². The van der Waals surface area contributed by atoms with E-state index in [4.69, 9.17) is 0 Å². The maximum Gasteiger partial charge on any atom is 0.277 e. The van der Waals surface area contributed by atoms with E-state index in [2.05, 4.69) is 5.32 Å². The molecular weight excluding hydrogens is 314 g/mol. The number of nitrogens with zero attached hydrogens (tertiary/aromatic N) is 2. The van der Waals surface area contributed by atoms with E-state index in [-0.39, 0.29) is 11.6 Å². The van der Waals surface area contributed by atoms with Crippen LogP contribution in [0, 0.1) is 38.0 Å². The molecular formula is C16H19N3O5. The summed E-state index contributed by atoms with van der Waals surface area (Å²) in [6, 6.07) is 2.97. The summed E-state index contributed by atoms with van der Waals surface area (Å²) in [5.41, 5.74) is -0.963. The topological polar surface area (TPSA) is 115 Å². The molecule has 1 aromatic carbocycles. The lowest BCUT2D eigenvalue weighted by Crippen LogP contribution is -2.40. The number of rotatable bonds is 5. The van der Waals surface area contributed by atoms with Gasteiger partial charge >= 0.3 is 0 Å². The summed E-state index contributed by atoms with van der Waals surface area (Å²) in [6.45, 7) is 1.94. The molecule has 3 rings (SSSR count). The van der Waals surface area contributed by atoms with Crippen molar-refractivity contribution in [3.63, 3.8) is 0 Å². The minimum atomic E-state index is -0.733. The van der Waals surface area contributed by atoms with Gasteiger partial charge in [-0.15, -0.1) is 0 Å². The predicted molar refractivity (Wildman–Crippen MR) is 85.6 cm³/mol. The van der Waals surface area contributed by atoms with Gasteiger partial charge in [0.15, 0.2) is 0 Å². The van der Waals surface area contributed by atoms with Crippen molar-refractivity contribution in [1.29, 1.82) is 0 Å². The number of benzene rings is 1. The fraction of sp³-hybridized carbons (Fsp3) is 0.562. The van der Waals surface area contributed by atoms with E-state index in [1.165, 1.54) is 19.3 Å². The minimum Gasteiger partial charge on any atom is -0.349 e. The molecule has 24 heavy (non-hydrogen) atoms. The SMILES string of the molecule is C[C@@H](NC(=O)c1cc([N+](=O)[O-])cc([N+](=O)[O-])c1)[C@@H]1C[C@@H]2CC[C@@H]1C2. The van der Waals surface area contributed by atoms with E-state index >= 15 is 0 Å². The van der Waals surface area contributed by atoms with Gasteiger partial charge in [-0.2, -0.15) is 0 Å². The normalized spacial score (nSPS) is 26.1. The summed E-state index contributed by atoms with van der Waals surface area (Å²) >= 11 is 0. The Bertz CT molecular complexity index is 673. The fourth-order valence-corrected chi connectivity index (χ4v) is 4.24. The van der Waals surface area contributed by atoms with Crippen LogP contribution >= 0.6 is 0 Å². The summed E-state index contributed by atoms with van der Waals surface area (Å²) in [6.07, 6.45) is 4.77. The van der Waals surface area contributed by atoms with Crippen LogP contribution in [0.15, 0.2) is 18.2 Å². The van der Waals surface area contributed by atoms with Crippen LogP contribution in [0.5, 0.6) is 0 Å². The molecule has 2 bridgehead atoms. The second kappa shape index (κ2) is 6.18. The molecule has 0 aromatic heterocycles. The Morgan fingerprint density at radius 1 is 1.12 bits per heavy atom. The molecule has 128 valence electrons. The first-order valence-corrected chi connectivity index (χ1v) is 8.10. The van der Waals surface area contributed by atoms with E-state index in [0.717, 1.165) is 30.5 Å². The highest BCUT2D eigenvalue weighted by Crippen LogP contribution is 2.49. The molecule has 8 heteroatoms. The number of carbonyl (C=O) groups is 1. The third kappa shape index (κ3) is 3.08. The quantitative estimate of drug-likeness (QED) is 0.656. The van der Waals surface area contributed by atoms with E-state index in [1.807, 2.05) is 6.92 Å². The number of nitro benzene ring substituents is 2. The first-order chi connectivity index (χ1) is 11.3. The molecule has 8 nitrogen and oxygen atoms in total. The number of hydrogen-bond donors (Lipinski definition) is 1. The summed E-state index contributed by atoms with van der Waals surface area (Å²) in [5, 5.41) is 24.7. The van der Waals surface area contributed by atoms with Crippen LogP contribution in [-0.4, -0.2) is 21.8 Å². The standard InChI is InChI=1S/C16H19N3O5/c1-9(15-5-10-2-3-11(15)4-10)17-16(20)12-6-13(18(21)22)8-14(7-12)19(23)24/h6-11,15H,2-5H2,1H3,(H,17,20)/t9-,10-,11-,15+/m1/s1. The molecule has 0 spiro atoms. The molecule has 2 aliphatic carbocycles.